The average Bonchev–Trinajstić information content (AvgIpc) is 2.87. The normalized spacial score (nSPS) is 10.2. The van der Waals surface area contributed by atoms with Crippen molar-refractivity contribution < 1.29 is 9.59 Å². The Labute approximate surface area is 128 Å². The van der Waals surface area contributed by atoms with Gasteiger partial charge in [0, 0.05) is 12.7 Å². The molecule has 0 aliphatic carbocycles. The molecular formula is C11H8Cl2N4O2S. The third-order valence-corrected chi connectivity index (χ3v) is 3.64. The number of hydrogen-bond acceptors (Lipinski definition) is 5. The van der Waals surface area contributed by atoms with Crippen molar-refractivity contribution in [3.63, 3.8) is 0 Å². The van der Waals surface area contributed by atoms with Crippen molar-refractivity contribution >= 4 is 52.0 Å². The van der Waals surface area contributed by atoms with Crippen LogP contribution in [-0.4, -0.2) is 29.1 Å². The van der Waals surface area contributed by atoms with Crippen molar-refractivity contribution in [3.05, 3.63) is 38.3 Å². The molecule has 6 nitrogen and oxygen atoms in total. The zero-order chi connectivity index (χ0) is 14.7. The Bertz CT molecular complexity index is 674. The standard InChI is InChI=1S/C11H8Cl2N4O2S/c1-14-8(18)6-4-5(2-3-7(6)12)15-9(19)10-16-17-11(13)20-10/h2-4H,1H3,(H,14,18)(H,15,19). The van der Waals surface area contributed by atoms with Crippen molar-refractivity contribution in [1.82, 2.24) is 15.5 Å². The minimum absolute atomic E-state index is 0.131. The number of carbonyl (C=O) groups is 2. The summed E-state index contributed by atoms with van der Waals surface area (Å²) >= 11 is 12.5. The lowest BCUT2D eigenvalue weighted by Gasteiger charge is -2.07. The molecule has 2 N–H and O–H groups in total. The Morgan fingerprint density at radius 1 is 1.20 bits per heavy atom. The molecule has 1 aromatic carbocycles. The minimum atomic E-state index is -0.459. The van der Waals surface area contributed by atoms with Crippen LogP contribution in [0.3, 0.4) is 0 Å². The van der Waals surface area contributed by atoms with Gasteiger partial charge in [0.1, 0.15) is 0 Å². The van der Waals surface area contributed by atoms with Crippen LogP contribution in [0, 0.1) is 0 Å². The maximum absolute atomic E-state index is 11.9. The minimum Gasteiger partial charge on any atom is -0.355 e. The maximum Gasteiger partial charge on any atom is 0.286 e. The predicted molar refractivity (Wildman–Crippen MR) is 77.7 cm³/mol. The van der Waals surface area contributed by atoms with Gasteiger partial charge in [0.2, 0.25) is 9.47 Å². The highest BCUT2D eigenvalue weighted by Crippen LogP contribution is 2.22. The zero-order valence-electron chi connectivity index (χ0n) is 10.1. The van der Waals surface area contributed by atoms with E-state index in [1.807, 2.05) is 0 Å². The third kappa shape index (κ3) is 3.24. The molecule has 2 aromatic rings. The van der Waals surface area contributed by atoms with Gasteiger partial charge in [-0.15, -0.1) is 10.2 Å². The first-order valence-corrected chi connectivity index (χ1v) is 6.90. The first kappa shape index (κ1) is 14.7. The number of nitrogens with one attached hydrogen (secondary N) is 2. The lowest BCUT2D eigenvalue weighted by atomic mass is 10.2. The van der Waals surface area contributed by atoms with E-state index in [-0.39, 0.29) is 20.9 Å². The summed E-state index contributed by atoms with van der Waals surface area (Å²) in [5.74, 6) is -0.801. The molecule has 0 fully saturated rings. The summed E-state index contributed by atoms with van der Waals surface area (Å²) in [6.45, 7) is 0. The van der Waals surface area contributed by atoms with Crippen LogP contribution in [0.25, 0.3) is 0 Å². The number of nitrogens with zero attached hydrogens (tertiary/aromatic N) is 2. The zero-order valence-corrected chi connectivity index (χ0v) is 12.4. The van der Waals surface area contributed by atoms with Crippen LogP contribution in [-0.2, 0) is 0 Å². The monoisotopic (exact) mass is 330 g/mol. The molecule has 0 saturated carbocycles. The van der Waals surface area contributed by atoms with E-state index < -0.39 is 5.91 Å². The van der Waals surface area contributed by atoms with Crippen molar-refractivity contribution in [2.75, 3.05) is 12.4 Å². The molecule has 1 heterocycles. The lowest BCUT2D eigenvalue weighted by Crippen LogP contribution is -2.19. The number of rotatable bonds is 3. The molecule has 0 bridgehead atoms. The van der Waals surface area contributed by atoms with Crippen molar-refractivity contribution in [2.24, 2.45) is 0 Å². The second-order valence-electron chi connectivity index (χ2n) is 3.59. The Morgan fingerprint density at radius 3 is 2.55 bits per heavy atom. The first-order chi connectivity index (χ1) is 9.51. The lowest BCUT2D eigenvalue weighted by molar-refractivity contribution is 0.0961. The quantitative estimate of drug-likeness (QED) is 0.905. The first-order valence-electron chi connectivity index (χ1n) is 5.33. The van der Waals surface area contributed by atoms with Crippen LogP contribution in [0.2, 0.25) is 9.49 Å². The van der Waals surface area contributed by atoms with Crippen molar-refractivity contribution in [1.29, 1.82) is 0 Å². The molecular weight excluding hydrogens is 323 g/mol. The number of anilines is 1. The Hall–Kier alpha value is -1.70. The van der Waals surface area contributed by atoms with E-state index in [9.17, 15) is 9.59 Å². The van der Waals surface area contributed by atoms with Crippen LogP contribution in [0.15, 0.2) is 18.2 Å². The van der Waals surface area contributed by atoms with Gasteiger partial charge in [0.15, 0.2) is 0 Å². The summed E-state index contributed by atoms with van der Waals surface area (Å²) < 4.78 is 0.178. The Balaban J connectivity index is 2.22. The molecule has 2 rings (SSSR count). The number of amides is 2. The van der Waals surface area contributed by atoms with E-state index in [1.54, 1.807) is 6.07 Å². The fourth-order valence-corrected chi connectivity index (χ4v) is 2.32. The summed E-state index contributed by atoms with van der Waals surface area (Å²) in [6.07, 6.45) is 0. The second kappa shape index (κ2) is 6.17. The Morgan fingerprint density at radius 2 is 1.95 bits per heavy atom. The van der Waals surface area contributed by atoms with E-state index in [1.165, 1.54) is 19.2 Å². The summed E-state index contributed by atoms with van der Waals surface area (Å²) in [4.78, 5) is 23.5. The van der Waals surface area contributed by atoms with Gasteiger partial charge in [-0.05, 0) is 29.8 Å². The van der Waals surface area contributed by atoms with Crippen LogP contribution in [0.4, 0.5) is 5.69 Å². The maximum atomic E-state index is 11.9. The predicted octanol–water partition coefficient (Wildman–Crippen LogP) is 2.46. The molecule has 2 amide bonds. The smallest absolute Gasteiger partial charge is 0.286 e. The highest BCUT2D eigenvalue weighted by Gasteiger charge is 2.14. The van der Waals surface area contributed by atoms with E-state index in [4.69, 9.17) is 23.2 Å². The molecule has 0 radical (unpaired) electrons. The second-order valence-corrected chi connectivity index (χ2v) is 5.55. The molecule has 0 saturated heterocycles. The highest BCUT2D eigenvalue weighted by atomic mass is 35.5. The van der Waals surface area contributed by atoms with Crippen molar-refractivity contribution in [2.45, 2.75) is 0 Å². The van der Waals surface area contributed by atoms with Gasteiger partial charge in [-0.3, -0.25) is 9.59 Å². The number of aromatic nitrogens is 2. The van der Waals surface area contributed by atoms with Gasteiger partial charge in [0.05, 0.1) is 10.6 Å². The number of carbonyl (C=O) groups excluding carboxylic acids is 2. The van der Waals surface area contributed by atoms with Gasteiger partial charge in [-0.25, -0.2) is 0 Å². The van der Waals surface area contributed by atoms with E-state index >= 15 is 0 Å². The van der Waals surface area contributed by atoms with Gasteiger partial charge in [0.25, 0.3) is 11.8 Å². The molecule has 0 unspecified atom stereocenters. The molecule has 0 spiro atoms. The van der Waals surface area contributed by atoms with Gasteiger partial charge >= 0.3 is 0 Å². The molecule has 1 aromatic heterocycles. The Kier molecular flexibility index (Phi) is 4.53. The van der Waals surface area contributed by atoms with Gasteiger partial charge in [-0.2, -0.15) is 0 Å². The van der Waals surface area contributed by atoms with E-state index in [0.717, 1.165) is 11.3 Å². The van der Waals surface area contributed by atoms with E-state index in [2.05, 4.69) is 20.8 Å². The van der Waals surface area contributed by atoms with Crippen LogP contribution in [0.5, 0.6) is 0 Å². The summed E-state index contributed by atoms with van der Waals surface area (Å²) in [5, 5.41) is 12.6. The summed E-state index contributed by atoms with van der Waals surface area (Å²) in [5.41, 5.74) is 0.687. The van der Waals surface area contributed by atoms with Gasteiger partial charge in [-0.1, -0.05) is 22.9 Å². The SMILES string of the molecule is CNC(=O)c1cc(NC(=O)c2nnc(Cl)s2)ccc1Cl. The number of hydrogen-bond donors (Lipinski definition) is 2. The van der Waals surface area contributed by atoms with Crippen LogP contribution >= 0.6 is 34.5 Å². The topological polar surface area (TPSA) is 84.0 Å². The molecule has 104 valence electrons. The average molecular weight is 331 g/mol. The molecule has 0 aliphatic heterocycles. The number of benzene rings is 1. The van der Waals surface area contributed by atoms with E-state index in [0.29, 0.717) is 10.7 Å². The number of halogens is 2. The molecule has 9 heteroatoms. The molecule has 20 heavy (non-hydrogen) atoms. The molecule has 0 aliphatic rings. The van der Waals surface area contributed by atoms with Crippen LogP contribution < -0.4 is 10.6 Å². The van der Waals surface area contributed by atoms with Crippen molar-refractivity contribution in [3.8, 4) is 0 Å². The third-order valence-electron chi connectivity index (χ3n) is 2.29. The fraction of sp³-hybridized carbons (Fsp3) is 0.0909. The highest BCUT2D eigenvalue weighted by molar-refractivity contribution is 7.17. The molecule has 0 atom stereocenters. The summed E-state index contributed by atoms with van der Waals surface area (Å²) in [7, 11) is 1.49. The summed E-state index contributed by atoms with van der Waals surface area (Å²) in [6, 6.07) is 4.58. The van der Waals surface area contributed by atoms with Crippen LogP contribution in [0.1, 0.15) is 20.2 Å². The fourth-order valence-electron chi connectivity index (χ4n) is 1.39. The van der Waals surface area contributed by atoms with Gasteiger partial charge < -0.3 is 10.6 Å². The largest absolute Gasteiger partial charge is 0.355 e.